The van der Waals surface area contributed by atoms with Crippen molar-refractivity contribution >= 4 is 39.6 Å². The summed E-state index contributed by atoms with van der Waals surface area (Å²) in [6.45, 7) is 10.7. The molecule has 7 rings (SSSR count). The number of aromatic nitrogens is 3. The van der Waals surface area contributed by atoms with Crippen LogP contribution in [0.3, 0.4) is 0 Å². The summed E-state index contributed by atoms with van der Waals surface area (Å²) in [5, 5.41) is 7.17. The predicted molar refractivity (Wildman–Crippen MR) is 168 cm³/mol. The highest BCUT2D eigenvalue weighted by atomic mass is 19.1. The summed E-state index contributed by atoms with van der Waals surface area (Å²) in [7, 11) is 0. The molecule has 12 heteroatoms. The normalized spacial score (nSPS) is 17.8. The summed E-state index contributed by atoms with van der Waals surface area (Å²) in [6, 6.07) is 8.16. The van der Waals surface area contributed by atoms with Crippen LogP contribution in [-0.4, -0.2) is 93.7 Å². The van der Waals surface area contributed by atoms with Gasteiger partial charge in [-0.1, -0.05) is 0 Å². The van der Waals surface area contributed by atoms with Crippen molar-refractivity contribution in [3.63, 3.8) is 0 Å². The zero-order valence-corrected chi connectivity index (χ0v) is 24.8. The van der Waals surface area contributed by atoms with Gasteiger partial charge in [-0.05, 0) is 30.7 Å². The molecule has 0 spiro atoms. The molecule has 3 aromatic heterocycles. The molecular formula is C32H36F2N8O2. The number of benzene rings is 1. The molecule has 0 radical (unpaired) electrons. The van der Waals surface area contributed by atoms with E-state index in [1.165, 1.54) is 6.07 Å². The van der Waals surface area contributed by atoms with Crippen LogP contribution in [-0.2, 0) is 9.47 Å². The number of halogens is 2. The van der Waals surface area contributed by atoms with Crippen LogP contribution < -0.4 is 25.3 Å². The number of morpholine rings is 2. The van der Waals surface area contributed by atoms with Crippen LogP contribution in [0, 0.1) is 18.6 Å². The minimum atomic E-state index is -0.676. The molecule has 44 heavy (non-hydrogen) atoms. The van der Waals surface area contributed by atoms with Crippen LogP contribution >= 0.6 is 0 Å². The molecule has 0 atom stereocenters. The summed E-state index contributed by atoms with van der Waals surface area (Å²) in [5.74, 6) is 0.251. The highest BCUT2D eigenvalue weighted by Crippen LogP contribution is 2.40. The van der Waals surface area contributed by atoms with Gasteiger partial charge >= 0.3 is 0 Å². The molecule has 0 aliphatic carbocycles. The van der Waals surface area contributed by atoms with Crippen LogP contribution in [0.2, 0.25) is 0 Å². The van der Waals surface area contributed by atoms with Gasteiger partial charge in [-0.2, -0.15) is 0 Å². The third-order valence-corrected chi connectivity index (χ3v) is 8.51. The number of ether oxygens (including phenoxy) is 2. The SMILES string of the molecule is Cc1c(-c2ccnc(N3CCNCC3)c2)nc2cc(F)cc(F)c2c1Nc1cc(N2CCOCC2)cnc1N1CCOCC1. The molecule has 3 fully saturated rings. The number of rotatable bonds is 6. The molecule has 6 heterocycles. The molecule has 230 valence electrons. The summed E-state index contributed by atoms with van der Waals surface area (Å²) < 4.78 is 41.4. The van der Waals surface area contributed by atoms with E-state index in [0.29, 0.717) is 50.9 Å². The van der Waals surface area contributed by atoms with Crippen molar-refractivity contribution in [1.82, 2.24) is 20.3 Å². The third kappa shape index (κ3) is 5.72. The Morgan fingerprint density at radius 2 is 1.57 bits per heavy atom. The van der Waals surface area contributed by atoms with Crippen molar-refractivity contribution in [2.45, 2.75) is 6.92 Å². The molecule has 0 saturated carbocycles. The van der Waals surface area contributed by atoms with Gasteiger partial charge < -0.3 is 34.8 Å². The first kappa shape index (κ1) is 28.6. The number of hydrogen-bond donors (Lipinski definition) is 2. The fourth-order valence-electron chi connectivity index (χ4n) is 6.17. The highest BCUT2D eigenvalue weighted by Gasteiger charge is 2.24. The average Bonchev–Trinajstić information content (AvgIpc) is 3.07. The molecule has 10 nitrogen and oxygen atoms in total. The number of nitrogens with one attached hydrogen (secondary N) is 2. The predicted octanol–water partition coefficient (Wildman–Crippen LogP) is 4.10. The Balaban J connectivity index is 1.36. The number of anilines is 5. The molecule has 3 aliphatic rings. The van der Waals surface area contributed by atoms with Crippen molar-refractivity contribution in [2.75, 3.05) is 98.8 Å². The monoisotopic (exact) mass is 602 g/mol. The van der Waals surface area contributed by atoms with Gasteiger partial charge in [-0.15, -0.1) is 0 Å². The lowest BCUT2D eigenvalue weighted by molar-refractivity contribution is 0.122. The Labute approximate surface area is 255 Å². The standard InChI is InChI=1S/C32H36F2N8O2/c1-21-30(22-2-3-36-28(16-22)41-6-4-35-5-7-41)38-26-18-23(33)17-25(34)29(26)31(21)39-27-19-24(40-8-12-43-13-9-40)20-37-32(27)42-10-14-44-15-11-42/h2-3,16-20,35H,4-15H2,1H3,(H,38,39). The molecule has 3 saturated heterocycles. The second-order valence-electron chi connectivity index (χ2n) is 11.3. The van der Waals surface area contributed by atoms with Gasteiger partial charge in [0.05, 0.1) is 66.3 Å². The smallest absolute Gasteiger partial charge is 0.152 e. The highest BCUT2D eigenvalue weighted by molar-refractivity contribution is 5.99. The van der Waals surface area contributed by atoms with Gasteiger partial charge in [0.15, 0.2) is 5.82 Å². The van der Waals surface area contributed by atoms with E-state index in [4.69, 9.17) is 19.4 Å². The van der Waals surface area contributed by atoms with E-state index >= 15 is 4.39 Å². The lowest BCUT2D eigenvalue weighted by Crippen LogP contribution is -2.43. The largest absolute Gasteiger partial charge is 0.378 e. The molecule has 1 aromatic carbocycles. The third-order valence-electron chi connectivity index (χ3n) is 8.51. The van der Waals surface area contributed by atoms with Gasteiger partial charge in [0.1, 0.15) is 17.5 Å². The number of hydrogen-bond acceptors (Lipinski definition) is 10. The van der Waals surface area contributed by atoms with Crippen molar-refractivity contribution in [2.24, 2.45) is 0 Å². The molecular weight excluding hydrogens is 566 g/mol. The minimum Gasteiger partial charge on any atom is -0.378 e. The van der Waals surface area contributed by atoms with Crippen LogP contribution in [0.15, 0.2) is 42.7 Å². The molecule has 2 N–H and O–H groups in total. The van der Waals surface area contributed by atoms with E-state index in [0.717, 1.165) is 79.5 Å². The van der Waals surface area contributed by atoms with Crippen LogP contribution in [0.5, 0.6) is 0 Å². The van der Waals surface area contributed by atoms with E-state index in [1.807, 2.05) is 25.3 Å². The maximum absolute atomic E-state index is 15.6. The number of piperazine rings is 1. The second kappa shape index (κ2) is 12.5. The van der Waals surface area contributed by atoms with Crippen molar-refractivity contribution in [3.05, 3.63) is 59.9 Å². The average molecular weight is 603 g/mol. The van der Waals surface area contributed by atoms with E-state index in [-0.39, 0.29) is 10.9 Å². The van der Waals surface area contributed by atoms with Crippen LogP contribution in [0.4, 0.5) is 37.5 Å². The summed E-state index contributed by atoms with van der Waals surface area (Å²) in [6.07, 6.45) is 3.65. The first-order valence-electron chi connectivity index (χ1n) is 15.2. The van der Waals surface area contributed by atoms with Gasteiger partial charge in [-0.25, -0.2) is 23.7 Å². The second-order valence-corrected chi connectivity index (χ2v) is 11.3. The molecule has 0 unspecified atom stereocenters. The Morgan fingerprint density at radius 3 is 2.32 bits per heavy atom. The fraction of sp³-hybridized carbons (Fsp3) is 0.406. The first-order chi connectivity index (χ1) is 21.5. The van der Waals surface area contributed by atoms with Crippen LogP contribution in [0.1, 0.15) is 5.56 Å². The van der Waals surface area contributed by atoms with Gasteiger partial charge in [0.2, 0.25) is 0 Å². The molecule has 3 aliphatic heterocycles. The maximum atomic E-state index is 15.6. The van der Waals surface area contributed by atoms with Crippen molar-refractivity contribution in [3.8, 4) is 11.3 Å². The Bertz CT molecular complexity index is 1650. The first-order valence-corrected chi connectivity index (χ1v) is 15.2. The minimum absolute atomic E-state index is 0.230. The topological polar surface area (TPSA) is 90.9 Å². The summed E-state index contributed by atoms with van der Waals surface area (Å²) in [4.78, 5) is 21.0. The Hall–Kier alpha value is -4.13. The summed E-state index contributed by atoms with van der Waals surface area (Å²) in [5.41, 5.74) is 4.64. The quantitative estimate of drug-likeness (QED) is 0.336. The number of nitrogens with zero attached hydrogens (tertiary/aromatic N) is 6. The molecule has 0 bridgehead atoms. The Kier molecular flexibility index (Phi) is 8.11. The summed E-state index contributed by atoms with van der Waals surface area (Å²) >= 11 is 0. The van der Waals surface area contributed by atoms with E-state index in [9.17, 15) is 4.39 Å². The lowest BCUT2D eigenvalue weighted by atomic mass is 10.0. The Morgan fingerprint density at radius 1 is 0.841 bits per heavy atom. The van der Waals surface area contributed by atoms with Gasteiger partial charge in [0.25, 0.3) is 0 Å². The van der Waals surface area contributed by atoms with E-state index in [1.54, 1.807) is 6.20 Å². The van der Waals surface area contributed by atoms with Crippen molar-refractivity contribution in [1.29, 1.82) is 0 Å². The maximum Gasteiger partial charge on any atom is 0.152 e. The zero-order valence-electron chi connectivity index (χ0n) is 24.8. The van der Waals surface area contributed by atoms with E-state index in [2.05, 4.69) is 36.4 Å². The lowest BCUT2D eigenvalue weighted by Gasteiger charge is -2.32. The van der Waals surface area contributed by atoms with Gasteiger partial charge in [0, 0.05) is 76.3 Å². The number of fused-ring (bicyclic) bond motifs is 1. The van der Waals surface area contributed by atoms with Crippen LogP contribution in [0.25, 0.3) is 22.2 Å². The van der Waals surface area contributed by atoms with E-state index < -0.39 is 11.6 Å². The van der Waals surface area contributed by atoms with Crippen molar-refractivity contribution < 1.29 is 18.3 Å². The number of pyridine rings is 3. The zero-order chi connectivity index (χ0) is 30.0. The van der Waals surface area contributed by atoms with Gasteiger partial charge in [-0.3, -0.25) is 0 Å². The molecule has 4 aromatic rings. The molecule has 0 amide bonds. The fourth-order valence-corrected chi connectivity index (χ4v) is 6.17.